The summed E-state index contributed by atoms with van der Waals surface area (Å²) < 4.78 is 5.36. The number of ether oxygens (including phenoxy) is 1. The van der Waals surface area contributed by atoms with Crippen molar-refractivity contribution in [3.8, 4) is 17.0 Å². The van der Waals surface area contributed by atoms with Crippen molar-refractivity contribution in [3.05, 3.63) is 86.3 Å². The van der Waals surface area contributed by atoms with Crippen LogP contribution in [0.15, 0.2) is 54.9 Å². The number of halogens is 2. The van der Waals surface area contributed by atoms with Crippen molar-refractivity contribution in [2.75, 3.05) is 7.11 Å². The fraction of sp³-hybridized carbons (Fsp3) is 0.0952. The number of nitro benzene ring substituents is 1. The van der Waals surface area contributed by atoms with Crippen LogP contribution < -0.4 is 4.74 Å². The highest BCUT2D eigenvalue weighted by atomic mass is 35.5. The lowest BCUT2D eigenvalue weighted by molar-refractivity contribution is -0.384. The second kappa shape index (κ2) is 8.22. The van der Waals surface area contributed by atoms with Gasteiger partial charge in [0.05, 0.1) is 27.8 Å². The zero-order chi connectivity index (χ0) is 21.3. The maximum atomic E-state index is 11.2. The lowest BCUT2D eigenvalue weighted by Crippen LogP contribution is -2.01. The molecule has 4 rings (SSSR count). The molecule has 2 aromatic carbocycles. The van der Waals surface area contributed by atoms with E-state index in [0.717, 1.165) is 10.8 Å². The Balaban J connectivity index is 1.91. The minimum absolute atomic E-state index is 0.0234. The lowest BCUT2D eigenvalue weighted by Gasteiger charge is -2.12. The highest BCUT2D eigenvalue weighted by molar-refractivity contribution is 6.35. The average Bonchev–Trinajstić information content (AvgIpc) is 2.76. The molecule has 0 radical (unpaired) electrons. The van der Waals surface area contributed by atoms with Crippen LogP contribution >= 0.6 is 23.2 Å². The van der Waals surface area contributed by atoms with E-state index in [4.69, 9.17) is 27.9 Å². The number of methoxy groups -OCH3 is 1. The summed E-state index contributed by atoms with van der Waals surface area (Å²) in [6.45, 7) is 0. The van der Waals surface area contributed by atoms with Crippen molar-refractivity contribution in [1.82, 2.24) is 15.2 Å². The Morgan fingerprint density at radius 2 is 1.80 bits per heavy atom. The molecule has 0 bridgehead atoms. The van der Waals surface area contributed by atoms with Gasteiger partial charge >= 0.3 is 0 Å². The second-order valence-corrected chi connectivity index (χ2v) is 7.29. The van der Waals surface area contributed by atoms with Gasteiger partial charge in [-0.15, -0.1) is 5.10 Å². The van der Waals surface area contributed by atoms with Crippen LogP contribution in [0.25, 0.3) is 22.0 Å². The first-order chi connectivity index (χ1) is 14.5. The molecular weight excluding hydrogens is 427 g/mol. The van der Waals surface area contributed by atoms with Gasteiger partial charge in [-0.25, -0.2) is 0 Å². The topological polar surface area (TPSA) is 91.0 Å². The number of hydrogen-bond donors (Lipinski definition) is 0. The Hall–Kier alpha value is -3.29. The second-order valence-electron chi connectivity index (χ2n) is 6.47. The van der Waals surface area contributed by atoms with Gasteiger partial charge in [0, 0.05) is 47.3 Å². The van der Waals surface area contributed by atoms with E-state index in [-0.39, 0.29) is 5.69 Å². The molecule has 7 nitrogen and oxygen atoms in total. The third-order valence-electron chi connectivity index (χ3n) is 4.69. The number of hydrogen-bond acceptors (Lipinski definition) is 6. The number of aromatic nitrogens is 3. The van der Waals surface area contributed by atoms with E-state index < -0.39 is 4.92 Å². The van der Waals surface area contributed by atoms with Crippen molar-refractivity contribution in [1.29, 1.82) is 0 Å². The lowest BCUT2D eigenvalue weighted by atomic mass is 10.00. The maximum Gasteiger partial charge on any atom is 0.270 e. The molecule has 0 aliphatic heterocycles. The monoisotopic (exact) mass is 440 g/mol. The summed E-state index contributed by atoms with van der Waals surface area (Å²) in [5.41, 5.74) is 2.44. The molecule has 150 valence electrons. The summed E-state index contributed by atoms with van der Waals surface area (Å²) in [5, 5.41) is 22.4. The third-order valence-corrected chi connectivity index (χ3v) is 5.34. The van der Waals surface area contributed by atoms with Crippen LogP contribution in [0.1, 0.15) is 11.3 Å². The molecule has 0 saturated carbocycles. The minimum Gasteiger partial charge on any atom is -0.497 e. The highest BCUT2D eigenvalue weighted by Crippen LogP contribution is 2.34. The van der Waals surface area contributed by atoms with Crippen molar-refractivity contribution >= 4 is 39.7 Å². The molecule has 0 aliphatic rings. The van der Waals surface area contributed by atoms with Crippen LogP contribution in [0.3, 0.4) is 0 Å². The molecule has 0 spiro atoms. The van der Waals surface area contributed by atoms with Crippen molar-refractivity contribution in [2.24, 2.45) is 0 Å². The molecule has 0 saturated heterocycles. The summed E-state index contributed by atoms with van der Waals surface area (Å²) in [6, 6.07) is 11.8. The Kier molecular flexibility index (Phi) is 5.48. The van der Waals surface area contributed by atoms with E-state index in [1.165, 1.54) is 24.5 Å². The minimum atomic E-state index is -0.443. The first-order valence-corrected chi connectivity index (χ1v) is 9.59. The number of non-ortho nitro benzene ring substituents is 1. The van der Waals surface area contributed by atoms with Crippen molar-refractivity contribution in [2.45, 2.75) is 6.42 Å². The van der Waals surface area contributed by atoms with Crippen LogP contribution in [-0.2, 0) is 6.42 Å². The predicted molar refractivity (Wildman–Crippen MR) is 115 cm³/mol. The smallest absolute Gasteiger partial charge is 0.270 e. The van der Waals surface area contributed by atoms with Crippen molar-refractivity contribution < 1.29 is 9.66 Å². The molecule has 9 heteroatoms. The van der Waals surface area contributed by atoms with Crippen LogP contribution in [0.5, 0.6) is 5.75 Å². The number of nitrogens with zero attached hydrogens (tertiary/aromatic N) is 4. The Morgan fingerprint density at radius 3 is 2.50 bits per heavy atom. The normalized spacial score (nSPS) is 10.9. The largest absolute Gasteiger partial charge is 0.497 e. The highest BCUT2D eigenvalue weighted by Gasteiger charge is 2.17. The zero-order valence-electron chi connectivity index (χ0n) is 15.7. The summed E-state index contributed by atoms with van der Waals surface area (Å²) in [7, 11) is 1.57. The number of benzene rings is 2. The quantitative estimate of drug-likeness (QED) is 0.300. The van der Waals surface area contributed by atoms with E-state index in [1.54, 1.807) is 19.2 Å². The van der Waals surface area contributed by atoms with E-state index >= 15 is 0 Å². The fourth-order valence-electron chi connectivity index (χ4n) is 3.20. The number of rotatable bonds is 5. The number of nitro groups is 1. The summed E-state index contributed by atoms with van der Waals surface area (Å²) in [4.78, 5) is 14.7. The standard InChI is InChI=1S/C21H14Cl2N4O3/c1-30-14-5-6-15-16(8-14)21(12-3-2-4-13(7-12)27(28)29)26-25-20(15)9-17-18(22)10-24-11-19(17)23/h2-8,10-11H,9H2,1H3. The van der Waals surface area contributed by atoms with E-state index in [2.05, 4.69) is 15.2 Å². The van der Waals surface area contributed by atoms with Gasteiger partial charge < -0.3 is 4.74 Å². The molecular formula is C21H14Cl2N4O3. The van der Waals surface area contributed by atoms with Crippen LogP contribution in [0.2, 0.25) is 10.0 Å². The molecule has 2 heterocycles. The molecule has 4 aromatic rings. The van der Waals surface area contributed by atoms with Crippen LogP contribution in [-0.4, -0.2) is 27.2 Å². The Bertz CT molecular complexity index is 1260. The molecule has 0 amide bonds. The predicted octanol–water partition coefficient (Wildman–Crippen LogP) is 5.51. The number of fused-ring (bicyclic) bond motifs is 1. The molecule has 0 aliphatic carbocycles. The van der Waals surface area contributed by atoms with Gasteiger partial charge in [0.2, 0.25) is 0 Å². The van der Waals surface area contributed by atoms with E-state index in [0.29, 0.717) is 44.7 Å². The summed E-state index contributed by atoms with van der Waals surface area (Å²) in [5.74, 6) is 0.633. The van der Waals surface area contributed by atoms with Gasteiger partial charge in [-0.1, -0.05) is 35.3 Å². The number of pyridine rings is 1. The van der Waals surface area contributed by atoms with Gasteiger partial charge in [0.1, 0.15) is 11.4 Å². The van der Waals surface area contributed by atoms with Gasteiger partial charge in [0.15, 0.2) is 0 Å². The first kappa shape index (κ1) is 20.0. The molecule has 0 fully saturated rings. The molecule has 30 heavy (non-hydrogen) atoms. The van der Waals surface area contributed by atoms with E-state index in [9.17, 15) is 10.1 Å². The molecule has 2 aromatic heterocycles. The zero-order valence-corrected chi connectivity index (χ0v) is 17.2. The third kappa shape index (κ3) is 3.77. The maximum absolute atomic E-state index is 11.2. The summed E-state index contributed by atoms with van der Waals surface area (Å²) in [6.07, 6.45) is 3.41. The molecule has 0 unspecified atom stereocenters. The van der Waals surface area contributed by atoms with Crippen LogP contribution in [0.4, 0.5) is 5.69 Å². The van der Waals surface area contributed by atoms with Crippen LogP contribution in [0, 0.1) is 10.1 Å². The summed E-state index contributed by atoms with van der Waals surface area (Å²) >= 11 is 12.5. The molecule has 0 atom stereocenters. The molecule has 0 N–H and O–H groups in total. The SMILES string of the molecule is COc1ccc2c(Cc3c(Cl)cncc3Cl)nnc(-c3cccc([N+](=O)[O-])c3)c2c1. The average molecular weight is 441 g/mol. The Labute approximate surface area is 181 Å². The van der Waals surface area contributed by atoms with Gasteiger partial charge in [-0.2, -0.15) is 5.10 Å². The Morgan fingerprint density at radius 1 is 1.03 bits per heavy atom. The van der Waals surface area contributed by atoms with Gasteiger partial charge in [-0.05, 0) is 23.8 Å². The fourth-order valence-corrected chi connectivity index (χ4v) is 3.70. The van der Waals surface area contributed by atoms with Crippen molar-refractivity contribution in [3.63, 3.8) is 0 Å². The van der Waals surface area contributed by atoms with Gasteiger partial charge in [0.25, 0.3) is 5.69 Å². The van der Waals surface area contributed by atoms with Gasteiger partial charge in [-0.3, -0.25) is 15.1 Å². The first-order valence-electron chi connectivity index (χ1n) is 8.84. The van der Waals surface area contributed by atoms with E-state index in [1.807, 2.05) is 18.2 Å².